The van der Waals surface area contributed by atoms with Crippen molar-refractivity contribution < 1.29 is 9.90 Å². The molecule has 1 unspecified atom stereocenters. The number of aryl methyl sites for hydroxylation is 2. The molecule has 56 heavy (non-hydrogen) atoms. The molecule has 0 radical (unpaired) electrons. The minimum Gasteiger partial charge on any atom is -0.369 e. The second kappa shape index (κ2) is 13.4. The molecule has 0 saturated carbocycles. The molecule has 4 nitrogen and oxygen atoms in total. The number of carbonyl (C=O) groups excluding carboxylic acids is 1. The summed E-state index contributed by atoms with van der Waals surface area (Å²) in [5.74, 6) is -0.244. The number of para-hydroxylation sites is 1. The van der Waals surface area contributed by atoms with E-state index in [2.05, 4.69) is 103 Å². The van der Waals surface area contributed by atoms with Crippen LogP contribution in [0.1, 0.15) is 33.3 Å². The van der Waals surface area contributed by atoms with Crippen LogP contribution < -0.4 is 4.90 Å². The topological polar surface area (TPSA) is 45.5 Å². The molecule has 0 aliphatic carbocycles. The summed E-state index contributed by atoms with van der Waals surface area (Å²) in [5, 5.41) is 14.5. The number of hydrogen-bond donors (Lipinski definition) is 1. The fourth-order valence-electron chi connectivity index (χ4n) is 8.70. The molecule has 1 aliphatic heterocycles. The number of carbonyl (C=O) groups is 1. The van der Waals surface area contributed by atoms with Crippen molar-refractivity contribution in [2.75, 3.05) is 4.90 Å². The average Bonchev–Trinajstić information content (AvgIpc) is 3.70. The second-order valence-electron chi connectivity index (χ2n) is 14.7. The van der Waals surface area contributed by atoms with Gasteiger partial charge < -0.3 is 9.67 Å². The van der Waals surface area contributed by atoms with Crippen LogP contribution in [0.15, 0.2) is 182 Å². The van der Waals surface area contributed by atoms with E-state index in [4.69, 9.17) is 0 Å². The number of nitrogens with zero attached hydrogens (tertiary/aromatic N) is 2. The average molecular weight is 723 g/mol. The third kappa shape index (κ3) is 5.30. The second-order valence-corrected chi connectivity index (χ2v) is 14.7. The SMILES string of the molecule is Cc1ccccc1-c1ccc2c(c1)c1cc(-c3ccccc3C)ccc1n2-c1cccc2c1C(=O)N(c1c(-c3ccccc3)cccc1-c1ccccc1)C2O. The van der Waals surface area contributed by atoms with Gasteiger partial charge in [-0.15, -0.1) is 0 Å². The van der Waals surface area contributed by atoms with Crippen LogP contribution in [0.3, 0.4) is 0 Å². The van der Waals surface area contributed by atoms with Gasteiger partial charge in [-0.3, -0.25) is 9.69 Å². The number of amides is 1. The van der Waals surface area contributed by atoms with Crippen LogP contribution in [0.25, 0.3) is 72.0 Å². The van der Waals surface area contributed by atoms with E-state index in [-0.39, 0.29) is 5.91 Å². The van der Waals surface area contributed by atoms with E-state index >= 15 is 4.79 Å². The zero-order valence-corrected chi connectivity index (χ0v) is 31.1. The lowest BCUT2D eigenvalue weighted by atomic mass is 9.95. The zero-order chi connectivity index (χ0) is 37.9. The highest BCUT2D eigenvalue weighted by atomic mass is 16.3. The van der Waals surface area contributed by atoms with E-state index in [0.29, 0.717) is 16.8 Å². The van der Waals surface area contributed by atoms with Gasteiger partial charge in [0.2, 0.25) is 0 Å². The van der Waals surface area contributed by atoms with Gasteiger partial charge in [0.05, 0.1) is 28.0 Å². The van der Waals surface area contributed by atoms with E-state index in [9.17, 15) is 5.11 Å². The molecule has 1 aliphatic rings. The highest BCUT2D eigenvalue weighted by molar-refractivity contribution is 6.18. The molecule has 0 saturated heterocycles. The minimum absolute atomic E-state index is 0.244. The van der Waals surface area contributed by atoms with Gasteiger partial charge in [-0.2, -0.15) is 0 Å². The molecule has 1 N–H and O–H groups in total. The molecule has 9 aromatic rings. The van der Waals surface area contributed by atoms with Gasteiger partial charge in [0, 0.05) is 27.5 Å². The molecule has 268 valence electrons. The molecular weight excluding hydrogens is 685 g/mol. The quantitative estimate of drug-likeness (QED) is 0.186. The lowest BCUT2D eigenvalue weighted by Crippen LogP contribution is -2.29. The third-order valence-electron chi connectivity index (χ3n) is 11.4. The fraction of sp³-hybridized carbons (Fsp3) is 0.0577. The van der Waals surface area contributed by atoms with Crippen LogP contribution in [0.2, 0.25) is 0 Å². The Kier molecular flexibility index (Phi) is 8.02. The first kappa shape index (κ1) is 33.6. The molecule has 1 aromatic heterocycles. The van der Waals surface area contributed by atoms with E-state index in [0.717, 1.165) is 60.9 Å². The maximum Gasteiger partial charge on any atom is 0.263 e. The molecule has 1 atom stereocenters. The van der Waals surface area contributed by atoms with Crippen molar-refractivity contribution in [3.63, 3.8) is 0 Å². The van der Waals surface area contributed by atoms with Crippen molar-refractivity contribution >= 4 is 33.4 Å². The lowest BCUT2D eigenvalue weighted by molar-refractivity contribution is 0.0935. The molecule has 4 heteroatoms. The fourth-order valence-corrected chi connectivity index (χ4v) is 8.70. The van der Waals surface area contributed by atoms with Gasteiger partial charge in [0.1, 0.15) is 0 Å². The number of benzene rings is 8. The van der Waals surface area contributed by atoms with Crippen molar-refractivity contribution in [2.45, 2.75) is 20.1 Å². The van der Waals surface area contributed by atoms with Crippen molar-refractivity contribution in [3.8, 4) is 50.2 Å². The summed E-state index contributed by atoms with van der Waals surface area (Å²) in [4.78, 5) is 16.9. The number of anilines is 1. The summed E-state index contributed by atoms with van der Waals surface area (Å²) in [7, 11) is 0. The van der Waals surface area contributed by atoms with Crippen molar-refractivity contribution in [1.29, 1.82) is 0 Å². The lowest BCUT2D eigenvalue weighted by Gasteiger charge is -2.27. The Morgan fingerprint density at radius 3 is 1.45 bits per heavy atom. The number of rotatable bonds is 6. The summed E-state index contributed by atoms with van der Waals surface area (Å²) in [6.07, 6.45) is -1.20. The maximum absolute atomic E-state index is 15.3. The highest BCUT2D eigenvalue weighted by Gasteiger charge is 2.41. The first-order valence-electron chi connectivity index (χ1n) is 19.1. The Labute approximate surface area is 326 Å². The number of aromatic nitrogens is 1. The van der Waals surface area contributed by atoms with Crippen LogP contribution in [-0.4, -0.2) is 15.6 Å². The van der Waals surface area contributed by atoms with Crippen LogP contribution in [0.5, 0.6) is 0 Å². The van der Waals surface area contributed by atoms with E-state index in [1.54, 1.807) is 4.90 Å². The van der Waals surface area contributed by atoms with Crippen molar-refractivity contribution in [3.05, 3.63) is 204 Å². The number of aliphatic hydroxyl groups excluding tert-OH is 1. The normalized spacial score (nSPS) is 13.8. The minimum atomic E-state index is -1.20. The molecule has 8 aromatic carbocycles. The zero-order valence-electron chi connectivity index (χ0n) is 31.1. The summed E-state index contributed by atoms with van der Waals surface area (Å²) in [5.41, 5.74) is 15.2. The summed E-state index contributed by atoms with van der Waals surface area (Å²) < 4.78 is 2.21. The van der Waals surface area contributed by atoms with Gasteiger partial charge in [0.15, 0.2) is 6.23 Å². The Balaban J connectivity index is 1.21. The van der Waals surface area contributed by atoms with Crippen LogP contribution in [-0.2, 0) is 0 Å². The summed E-state index contributed by atoms with van der Waals surface area (Å²) >= 11 is 0. The van der Waals surface area contributed by atoms with Crippen LogP contribution in [0, 0.1) is 13.8 Å². The van der Waals surface area contributed by atoms with Crippen LogP contribution >= 0.6 is 0 Å². The first-order chi connectivity index (χ1) is 27.5. The standard InChI is InChI=1S/C52H38N2O2/c1-33-15-9-11-21-39(33)37-27-29-46-44(31-37)45-32-38(40-22-12-10-16-34(40)2)28-30-47(45)53(46)48-26-14-25-43-49(48)52(56)54(51(43)55)50-41(35-17-5-3-6-18-35)23-13-24-42(50)36-19-7-4-8-20-36/h3-32,51,55H,1-2H3. The largest absolute Gasteiger partial charge is 0.369 e. The molecule has 2 heterocycles. The maximum atomic E-state index is 15.3. The smallest absolute Gasteiger partial charge is 0.263 e. The van der Waals surface area contributed by atoms with E-state index < -0.39 is 6.23 Å². The molecular formula is C52H38N2O2. The van der Waals surface area contributed by atoms with Crippen molar-refractivity contribution in [2.24, 2.45) is 0 Å². The van der Waals surface area contributed by atoms with E-state index in [1.807, 2.05) is 97.1 Å². The number of hydrogen-bond acceptors (Lipinski definition) is 2. The van der Waals surface area contributed by atoms with Gasteiger partial charge in [-0.25, -0.2) is 0 Å². The Morgan fingerprint density at radius 2 is 0.929 bits per heavy atom. The molecule has 0 spiro atoms. The Morgan fingerprint density at radius 1 is 0.464 bits per heavy atom. The number of fused-ring (bicyclic) bond motifs is 4. The highest BCUT2D eigenvalue weighted by Crippen LogP contribution is 2.48. The predicted octanol–water partition coefficient (Wildman–Crippen LogP) is 12.7. The van der Waals surface area contributed by atoms with Crippen LogP contribution in [0.4, 0.5) is 5.69 Å². The van der Waals surface area contributed by atoms with E-state index in [1.165, 1.54) is 22.3 Å². The Hall–Kier alpha value is -7.01. The molecule has 1 amide bonds. The van der Waals surface area contributed by atoms with Gasteiger partial charge in [-0.05, 0) is 88.7 Å². The van der Waals surface area contributed by atoms with Gasteiger partial charge >= 0.3 is 0 Å². The molecule has 0 fully saturated rings. The molecule has 0 bridgehead atoms. The van der Waals surface area contributed by atoms with Gasteiger partial charge in [-0.1, -0.05) is 152 Å². The number of aliphatic hydroxyl groups is 1. The third-order valence-corrected chi connectivity index (χ3v) is 11.4. The summed E-state index contributed by atoms with van der Waals surface area (Å²) in [6.45, 7) is 4.29. The predicted molar refractivity (Wildman–Crippen MR) is 230 cm³/mol. The Bertz CT molecular complexity index is 2820. The molecule has 10 rings (SSSR count). The van der Waals surface area contributed by atoms with Gasteiger partial charge in [0.25, 0.3) is 5.91 Å². The first-order valence-corrected chi connectivity index (χ1v) is 19.1. The summed E-state index contributed by atoms with van der Waals surface area (Å²) in [6, 6.07) is 62.3. The monoisotopic (exact) mass is 722 g/mol. The van der Waals surface area contributed by atoms with Crippen molar-refractivity contribution in [1.82, 2.24) is 4.57 Å².